The van der Waals surface area contributed by atoms with Crippen LogP contribution in [0.3, 0.4) is 0 Å². The van der Waals surface area contributed by atoms with Gasteiger partial charge in [0.05, 0.1) is 16.3 Å². The zero-order valence-corrected chi connectivity index (χ0v) is 15.9. The maximum absolute atomic E-state index is 14.0. The molecule has 1 heterocycles. The molecule has 0 aliphatic rings. The van der Waals surface area contributed by atoms with Crippen LogP contribution in [0.25, 0.3) is 11.4 Å². The van der Waals surface area contributed by atoms with Gasteiger partial charge in [0.15, 0.2) is 5.82 Å². The van der Waals surface area contributed by atoms with E-state index >= 15 is 0 Å². The van der Waals surface area contributed by atoms with E-state index in [9.17, 15) is 9.50 Å². The number of hydrogen-bond donors (Lipinski definition) is 2. The van der Waals surface area contributed by atoms with E-state index in [1.807, 2.05) is 0 Å². The van der Waals surface area contributed by atoms with Gasteiger partial charge in [0.1, 0.15) is 11.6 Å². The standard InChI is InChI=1S/C15H9Br2FN4OS/c16-9-5-8(13(23)11(17)6-9)7-19-22-14(20-21-15(22)24)10-3-1-2-4-12(10)18/h1-7,23H,(H,21,24)/b19-7+. The van der Waals surface area contributed by atoms with Crippen molar-refractivity contribution in [2.24, 2.45) is 5.10 Å². The number of nitrogens with zero attached hydrogens (tertiary/aromatic N) is 3. The molecule has 122 valence electrons. The summed E-state index contributed by atoms with van der Waals surface area (Å²) in [7, 11) is 0. The van der Waals surface area contributed by atoms with Crippen molar-refractivity contribution in [3.8, 4) is 17.1 Å². The third kappa shape index (κ3) is 3.33. The van der Waals surface area contributed by atoms with E-state index in [1.54, 1.807) is 30.3 Å². The number of benzene rings is 2. The van der Waals surface area contributed by atoms with E-state index in [-0.39, 0.29) is 21.9 Å². The van der Waals surface area contributed by atoms with Crippen molar-refractivity contribution < 1.29 is 9.50 Å². The van der Waals surface area contributed by atoms with Crippen LogP contribution in [-0.4, -0.2) is 26.2 Å². The zero-order valence-electron chi connectivity index (χ0n) is 11.9. The molecule has 0 saturated heterocycles. The third-order valence-electron chi connectivity index (χ3n) is 3.14. The first-order valence-electron chi connectivity index (χ1n) is 6.62. The number of aromatic nitrogens is 3. The molecule has 0 saturated carbocycles. The van der Waals surface area contributed by atoms with Gasteiger partial charge in [0.2, 0.25) is 4.77 Å². The molecule has 0 amide bonds. The topological polar surface area (TPSA) is 66.2 Å². The quantitative estimate of drug-likeness (QED) is 0.423. The first-order chi connectivity index (χ1) is 11.5. The summed E-state index contributed by atoms with van der Waals surface area (Å²) >= 11 is 11.7. The Morgan fingerprint density at radius 1 is 1.29 bits per heavy atom. The molecule has 2 aromatic carbocycles. The Morgan fingerprint density at radius 3 is 2.79 bits per heavy atom. The SMILES string of the molecule is Oc1c(Br)cc(Br)cc1/C=N/n1c(-c2ccccc2F)n[nH]c1=S. The fourth-order valence-electron chi connectivity index (χ4n) is 2.02. The van der Waals surface area contributed by atoms with E-state index in [4.69, 9.17) is 12.2 Å². The Kier molecular flexibility index (Phi) is 4.93. The van der Waals surface area contributed by atoms with Crippen molar-refractivity contribution >= 4 is 50.3 Å². The van der Waals surface area contributed by atoms with E-state index in [0.29, 0.717) is 10.0 Å². The lowest BCUT2D eigenvalue weighted by molar-refractivity contribution is 0.471. The Balaban J connectivity index is 2.08. The highest BCUT2D eigenvalue weighted by molar-refractivity contribution is 9.11. The van der Waals surface area contributed by atoms with Crippen LogP contribution in [0.4, 0.5) is 4.39 Å². The maximum atomic E-state index is 14.0. The minimum Gasteiger partial charge on any atom is -0.506 e. The Bertz CT molecular complexity index is 999. The Morgan fingerprint density at radius 2 is 2.04 bits per heavy atom. The summed E-state index contributed by atoms with van der Waals surface area (Å²) in [5.41, 5.74) is 0.723. The summed E-state index contributed by atoms with van der Waals surface area (Å²) < 4.78 is 16.8. The van der Waals surface area contributed by atoms with Gasteiger partial charge in [-0.3, -0.25) is 0 Å². The molecular formula is C15H9Br2FN4OS. The van der Waals surface area contributed by atoms with E-state index in [0.717, 1.165) is 4.47 Å². The van der Waals surface area contributed by atoms with Crippen LogP contribution in [0.5, 0.6) is 5.75 Å². The van der Waals surface area contributed by atoms with Gasteiger partial charge in [-0.15, -0.1) is 0 Å². The summed E-state index contributed by atoms with van der Waals surface area (Å²) in [4.78, 5) is 0. The molecule has 0 unspecified atom stereocenters. The van der Waals surface area contributed by atoms with Gasteiger partial charge < -0.3 is 5.11 Å². The third-order valence-corrected chi connectivity index (χ3v) is 4.46. The highest BCUT2D eigenvalue weighted by atomic mass is 79.9. The lowest BCUT2D eigenvalue weighted by Crippen LogP contribution is -1.97. The van der Waals surface area contributed by atoms with Crippen molar-refractivity contribution in [2.45, 2.75) is 0 Å². The van der Waals surface area contributed by atoms with Crippen molar-refractivity contribution in [1.29, 1.82) is 0 Å². The largest absolute Gasteiger partial charge is 0.506 e. The highest BCUT2D eigenvalue weighted by Gasteiger charge is 2.12. The molecule has 24 heavy (non-hydrogen) atoms. The van der Waals surface area contributed by atoms with Crippen molar-refractivity contribution in [2.75, 3.05) is 0 Å². The summed E-state index contributed by atoms with van der Waals surface area (Å²) in [5, 5.41) is 20.9. The van der Waals surface area contributed by atoms with Crippen LogP contribution in [0.1, 0.15) is 5.56 Å². The van der Waals surface area contributed by atoms with Crippen molar-refractivity contribution in [3.63, 3.8) is 0 Å². The Labute approximate surface area is 158 Å². The lowest BCUT2D eigenvalue weighted by Gasteiger charge is -2.04. The van der Waals surface area contributed by atoms with Gasteiger partial charge in [-0.1, -0.05) is 28.1 Å². The Hall–Kier alpha value is -1.84. The summed E-state index contributed by atoms with van der Waals surface area (Å²) in [6.45, 7) is 0. The average Bonchev–Trinajstić information content (AvgIpc) is 2.90. The number of aromatic hydroxyl groups is 1. The van der Waals surface area contributed by atoms with Crippen molar-refractivity contribution in [1.82, 2.24) is 14.9 Å². The fourth-order valence-corrected chi connectivity index (χ4v) is 3.46. The van der Waals surface area contributed by atoms with Crippen LogP contribution in [0, 0.1) is 10.6 Å². The summed E-state index contributed by atoms with van der Waals surface area (Å²) in [6, 6.07) is 9.60. The minimum atomic E-state index is -0.434. The molecule has 5 nitrogen and oxygen atoms in total. The number of phenols is 1. The number of phenolic OH excluding ortho intramolecular Hbond substituents is 1. The second-order valence-electron chi connectivity index (χ2n) is 4.71. The maximum Gasteiger partial charge on any atom is 0.216 e. The number of H-pyrrole nitrogens is 1. The zero-order chi connectivity index (χ0) is 17.3. The van der Waals surface area contributed by atoms with E-state index in [2.05, 4.69) is 47.2 Å². The molecule has 0 atom stereocenters. The smallest absolute Gasteiger partial charge is 0.216 e. The minimum absolute atomic E-state index is 0.0319. The van der Waals surface area contributed by atoms with Crippen LogP contribution >= 0.6 is 44.1 Å². The summed E-state index contributed by atoms with van der Waals surface area (Å²) in [5.74, 6) is -0.164. The molecule has 0 radical (unpaired) electrons. The van der Waals surface area contributed by atoms with Gasteiger partial charge in [0, 0.05) is 10.0 Å². The molecule has 3 rings (SSSR count). The first kappa shape index (κ1) is 17.0. The van der Waals surface area contributed by atoms with E-state index in [1.165, 1.54) is 17.0 Å². The number of nitrogens with one attached hydrogen (secondary N) is 1. The highest BCUT2D eigenvalue weighted by Crippen LogP contribution is 2.30. The van der Waals surface area contributed by atoms with Crippen LogP contribution < -0.4 is 0 Å². The van der Waals surface area contributed by atoms with Crippen LogP contribution in [0.15, 0.2) is 50.4 Å². The fraction of sp³-hybridized carbons (Fsp3) is 0. The summed E-state index contributed by atoms with van der Waals surface area (Å²) in [6.07, 6.45) is 1.42. The van der Waals surface area contributed by atoms with E-state index < -0.39 is 5.82 Å². The van der Waals surface area contributed by atoms with Gasteiger partial charge in [-0.05, 0) is 52.4 Å². The molecule has 2 N–H and O–H groups in total. The van der Waals surface area contributed by atoms with Gasteiger partial charge in [-0.25, -0.2) is 9.49 Å². The second-order valence-corrected chi connectivity index (χ2v) is 6.87. The molecule has 3 aromatic rings. The predicted octanol–water partition coefficient (Wildman–Crippen LogP) is 4.86. The number of hydrogen-bond acceptors (Lipinski definition) is 4. The lowest BCUT2D eigenvalue weighted by atomic mass is 10.2. The molecule has 0 aliphatic heterocycles. The molecule has 0 bridgehead atoms. The molecule has 9 heteroatoms. The van der Waals surface area contributed by atoms with Crippen molar-refractivity contribution in [3.05, 3.63) is 61.5 Å². The van der Waals surface area contributed by atoms with Gasteiger partial charge >= 0.3 is 0 Å². The normalized spacial score (nSPS) is 11.3. The first-order valence-corrected chi connectivity index (χ1v) is 8.61. The monoisotopic (exact) mass is 470 g/mol. The molecule has 0 spiro atoms. The molecule has 0 aliphatic carbocycles. The number of aromatic amines is 1. The van der Waals surface area contributed by atoms with Crippen LogP contribution in [-0.2, 0) is 0 Å². The van der Waals surface area contributed by atoms with Gasteiger partial charge in [0.25, 0.3) is 0 Å². The molecule has 0 fully saturated rings. The molecule has 1 aromatic heterocycles. The van der Waals surface area contributed by atoms with Gasteiger partial charge in [-0.2, -0.15) is 14.9 Å². The second kappa shape index (κ2) is 6.96. The average molecular weight is 472 g/mol. The molecular weight excluding hydrogens is 463 g/mol. The number of halogens is 3. The van der Waals surface area contributed by atoms with Crippen LogP contribution in [0.2, 0.25) is 0 Å². The predicted molar refractivity (Wildman–Crippen MR) is 99.3 cm³/mol. The number of rotatable bonds is 3.